The molecule has 3 heteroatoms. The van der Waals surface area contributed by atoms with E-state index in [9.17, 15) is 4.79 Å². The lowest BCUT2D eigenvalue weighted by Crippen LogP contribution is -2.37. The third-order valence-electron chi connectivity index (χ3n) is 3.22. The minimum atomic E-state index is 0.0285. The summed E-state index contributed by atoms with van der Waals surface area (Å²) in [5.41, 5.74) is 0.739. The molecular weight excluding hydrogens is 325 g/mol. The number of amides is 1. The van der Waals surface area contributed by atoms with Crippen LogP contribution in [0.3, 0.4) is 0 Å². The van der Waals surface area contributed by atoms with Crippen molar-refractivity contribution in [3.63, 3.8) is 0 Å². The third-order valence-corrected chi connectivity index (χ3v) is 3.94. The van der Waals surface area contributed by atoms with Gasteiger partial charge in [-0.15, -0.1) is 0 Å². The van der Waals surface area contributed by atoms with Crippen LogP contribution in [-0.4, -0.2) is 11.9 Å². The maximum atomic E-state index is 12.0. The fourth-order valence-electron chi connectivity index (χ4n) is 2.01. The summed E-state index contributed by atoms with van der Waals surface area (Å²) in [5.74, 6) is 0.587. The number of carbonyl (C=O) groups is 1. The lowest BCUT2D eigenvalue weighted by atomic mass is 9.95. The molecule has 0 saturated heterocycles. The molecule has 0 saturated carbocycles. The van der Waals surface area contributed by atoms with Crippen LogP contribution in [0.1, 0.15) is 44.0 Å². The van der Waals surface area contributed by atoms with Gasteiger partial charge in [0, 0.05) is 15.2 Å². The molecular formula is C14H20INO. The molecule has 0 aromatic heterocycles. The van der Waals surface area contributed by atoms with Crippen molar-refractivity contribution in [2.24, 2.45) is 5.92 Å². The van der Waals surface area contributed by atoms with Crippen molar-refractivity contribution in [3.05, 3.63) is 33.4 Å². The van der Waals surface area contributed by atoms with Crippen LogP contribution in [0.25, 0.3) is 0 Å². The summed E-state index contributed by atoms with van der Waals surface area (Å²) in [5, 5.41) is 3.08. The molecule has 0 aliphatic carbocycles. The Morgan fingerprint density at radius 3 is 2.24 bits per heavy atom. The van der Waals surface area contributed by atoms with Crippen molar-refractivity contribution in [2.45, 2.75) is 39.7 Å². The lowest BCUT2D eigenvalue weighted by Gasteiger charge is -2.22. The number of rotatable bonds is 5. The highest BCUT2D eigenvalue weighted by atomic mass is 127. The third kappa shape index (κ3) is 4.30. The van der Waals surface area contributed by atoms with Gasteiger partial charge in [-0.05, 0) is 59.7 Å². The highest BCUT2D eigenvalue weighted by Crippen LogP contribution is 2.13. The molecule has 0 radical (unpaired) electrons. The first kappa shape index (κ1) is 14.5. The zero-order chi connectivity index (χ0) is 12.8. The van der Waals surface area contributed by atoms with E-state index in [0.717, 1.165) is 22.0 Å². The average Bonchev–Trinajstić information content (AvgIpc) is 2.31. The SMILES string of the molecule is CCC(CC)C(C)NC(=O)c1ccc(I)cc1. The van der Waals surface area contributed by atoms with E-state index in [1.807, 2.05) is 24.3 Å². The average molecular weight is 345 g/mol. The second-order valence-electron chi connectivity index (χ2n) is 4.35. The Morgan fingerprint density at radius 1 is 1.24 bits per heavy atom. The molecule has 1 N–H and O–H groups in total. The molecule has 0 aliphatic rings. The molecule has 0 heterocycles. The van der Waals surface area contributed by atoms with Crippen molar-refractivity contribution in [1.29, 1.82) is 0 Å². The molecule has 1 aromatic rings. The maximum absolute atomic E-state index is 12.0. The Balaban J connectivity index is 2.62. The summed E-state index contributed by atoms with van der Waals surface area (Å²) in [6, 6.07) is 7.89. The fraction of sp³-hybridized carbons (Fsp3) is 0.500. The zero-order valence-corrected chi connectivity index (χ0v) is 12.8. The Labute approximate surface area is 117 Å². The summed E-state index contributed by atoms with van der Waals surface area (Å²) in [6.07, 6.45) is 2.20. The molecule has 0 spiro atoms. The van der Waals surface area contributed by atoms with Gasteiger partial charge in [0.2, 0.25) is 0 Å². The Kier molecular flexibility index (Phi) is 5.95. The van der Waals surface area contributed by atoms with Crippen molar-refractivity contribution < 1.29 is 4.79 Å². The van der Waals surface area contributed by atoms with Gasteiger partial charge in [-0.1, -0.05) is 26.7 Å². The molecule has 2 nitrogen and oxygen atoms in total. The van der Waals surface area contributed by atoms with Crippen molar-refractivity contribution in [3.8, 4) is 0 Å². The van der Waals surface area contributed by atoms with Gasteiger partial charge in [0.1, 0.15) is 0 Å². The second kappa shape index (κ2) is 6.99. The molecule has 1 unspecified atom stereocenters. The van der Waals surface area contributed by atoms with E-state index in [4.69, 9.17) is 0 Å². The molecule has 1 aromatic carbocycles. The van der Waals surface area contributed by atoms with Crippen LogP contribution in [-0.2, 0) is 0 Å². The maximum Gasteiger partial charge on any atom is 0.251 e. The van der Waals surface area contributed by atoms with E-state index in [2.05, 4.69) is 48.7 Å². The van der Waals surface area contributed by atoms with Crippen LogP contribution < -0.4 is 5.32 Å². The predicted molar refractivity (Wildman–Crippen MR) is 80.2 cm³/mol. The fourth-order valence-corrected chi connectivity index (χ4v) is 2.36. The van der Waals surface area contributed by atoms with Crippen LogP contribution >= 0.6 is 22.6 Å². The van der Waals surface area contributed by atoms with Gasteiger partial charge in [-0.3, -0.25) is 4.79 Å². The number of hydrogen-bond acceptors (Lipinski definition) is 1. The standard InChI is InChI=1S/C14H20INO/c1-4-11(5-2)10(3)16-14(17)12-6-8-13(15)9-7-12/h6-11H,4-5H2,1-3H3,(H,16,17). The van der Waals surface area contributed by atoms with Crippen LogP contribution in [0.5, 0.6) is 0 Å². The first-order valence-corrected chi connectivity index (χ1v) is 7.22. The Bertz CT molecular complexity index is 357. The molecule has 0 fully saturated rings. The number of hydrogen-bond donors (Lipinski definition) is 1. The van der Waals surface area contributed by atoms with E-state index >= 15 is 0 Å². The quantitative estimate of drug-likeness (QED) is 0.807. The molecule has 17 heavy (non-hydrogen) atoms. The highest BCUT2D eigenvalue weighted by molar-refractivity contribution is 14.1. The van der Waals surface area contributed by atoms with Crippen LogP contribution in [0.15, 0.2) is 24.3 Å². The molecule has 0 bridgehead atoms. The van der Waals surface area contributed by atoms with Gasteiger partial charge in [0.15, 0.2) is 0 Å². The Morgan fingerprint density at radius 2 is 1.76 bits per heavy atom. The Hall–Kier alpha value is -0.580. The van der Waals surface area contributed by atoms with Crippen LogP contribution in [0.4, 0.5) is 0 Å². The topological polar surface area (TPSA) is 29.1 Å². The number of carbonyl (C=O) groups excluding carboxylic acids is 1. The van der Waals surface area contributed by atoms with Crippen LogP contribution in [0, 0.1) is 9.49 Å². The largest absolute Gasteiger partial charge is 0.349 e. The van der Waals surface area contributed by atoms with Crippen LogP contribution in [0.2, 0.25) is 0 Å². The smallest absolute Gasteiger partial charge is 0.251 e. The number of halogens is 1. The highest BCUT2D eigenvalue weighted by Gasteiger charge is 2.16. The zero-order valence-electron chi connectivity index (χ0n) is 10.7. The molecule has 0 aliphatic heterocycles. The molecule has 1 amide bonds. The van der Waals surface area contributed by atoms with Gasteiger partial charge in [0.05, 0.1) is 0 Å². The molecule has 1 atom stereocenters. The van der Waals surface area contributed by atoms with Gasteiger partial charge in [-0.2, -0.15) is 0 Å². The molecule has 1 rings (SSSR count). The van der Waals surface area contributed by atoms with E-state index < -0.39 is 0 Å². The van der Waals surface area contributed by atoms with E-state index in [0.29, 0.717) is 5.92 Å². The van der Waals surface area contributed by atoms with Gasteiger partial charge in [-0.25, -0.2) is 0 Å². The monoisotopic (exact) mass is 345 g/mol. The number of benzene rings is 1. The summed E-state index contributed by atoms with van der Waals surface area (Å²) in [6.45, 7) is 6.42. The predicted octanol–water partition coefficient (Wildman–Crippen LogP) is 3.85. The summed E-state index contributed by atoms with van der Waals surface area (Å²) in [7, 11) is 0. The van der Waals surface area contributed by atoms with Gasteiger partial charge < -0.3 is 5.32 Å². The lowest BCUT2D eigenvalue weighted by molar-refractivity contribution is 0.0925. The van der Waals surface area contributed by atoms with E-state index in [-0.39, 0.29) is 11.9 Å². The van der Waals surface area contributed by atoms with Gasteiger partial charge >= 0.3 is 0 Å². The van der Waals surface area contributed by atoms with Gasteiger partial charge in [0.25, 0.3) is 5.91 Å². The summed E-state index contributed by atoms with van der Waals surface area (Å²) in [4.78, 5) is 12.0. The van der Waals surface area contributed by atoms with Crippen molar-refractivity contribution in [2.75, 3.05) is 0 Å². The first-order valence-electron chi connectivity index (χ1n) is 6.14. The normalized spacial score (nSPS) is 12.5. The first-order chi connectivity index (χ1) is 8.08. The summed E-state index contributed by atoms with van der Waals surface area (Å²) >= 11 is 2.24. The summed E-state index contributed by atoms with van der Waals surface area (Å²) < 4.78 is 1.15. The second-order valence-corrected chi connectivity index (χ2v) is 5.59. The molecule has 94 valence electrons. The van der Waals surface area contributed by atoms with E-state index in [1.165, 1.54) is 0 Å². The minimum absolute atomic E-state index is 0.0285. The van der Waals surface area contributed by atoms with Crippen molar-refractivity contribution in [1.82, 2.24) is 5.32 Å². The van der Waals surface area contributed by atoms with Crippen molar-refractivity contribution >= 4 is 28.5 Å². The van der Waals surface area contributed by atoms with E-state index in [1.54, 1.807) is 0 Å². The number of nitrogens with one attached hydrogen (secondary N) is 1. The minimum Gasteiger partial charge on any atom is -0.349 e.